The van der Waals surface area contributed by atoms with E-state index in [9.17, 15) is 13.2 Å². The van der Waals surface area contributed by atoms with Crippen molar-refractivity contribution in [2.24, 2.45) is 5.73 Å². The van der Waals surface area contributed by atoms with Crippen molar-refractivity contribution in [2.45, 2.75) is 17.4 Å². The number of halogens is 1. The second kappa shape index (κ2) is 8.48. The van der Waals surface area contributed by atoms with Crippen LogP contribution in [0.2, 0.25) is 0 Å². The molecule has 24 heavy (non-hydrogen) atoms. The highest BCUT2D eigenvalue weighted by Gasteiger charge is 2.22. The van der Waals surface area contributed by atoms with Gasteiger partial charge < -0.3 is 15.4 Å². The largest absolute Gasteiger partial charge is 0.495 e. The van der Waals surface area contributed by atoms with E-state index in [1.54, 1.807) is 23.1 Å². The van der Waals surface area contributed by atoms with Crippen molar-refractivity contribution >= 4 is 34.4 Å². The van der Waals surface area contributed by atoms with Gasteiger partial charge in [0.25, 0.3) is 0 Å². The van der Waals surface area contributed by atoms with Crippen molar-refractivity contribution < 1.29 is 17.9 Å². The van der Waals surface area contributed by atoms with Gasteiger partial charge >= 0.3 is 0 Å². The van der Waals surface area contributed by atoms with Crippen LogP contribution in [0.4, 0.5) is 0 Å². The van der Waals surface area contributed by atoms with E-state index in [4.69, 9.17) is 10.5 Å². The number of carbonyl (C=O) groups is 1. The summed E-state index contributed by atoms with van der Waals surface area (Å²) in [6.07, 6.45) is 3.81. The standard InChI is InChI=1S/C15H21N3O4S.ClH/c1-17-23(20,21)14-9-11(3-5-13(14)22-2)4-6-15(19)18-8-7-12(16)10-18;/h3-6,9,12,17H,7-8,10,16H2,1-2H3;1H. The summed E-state index contributed by atoms with van der Waals surface area (Å²) in [4.78, 5) is 13.8. The summed E-state index contributed by atoms with van der Waals surface area (Å²) >= 11 is 0. The number of likely N-dealkylation sites (tertiary alicyclic amines) is 1. The molecule has 134 valence electrons. The van der Waals surface area contributed by atoms with Gasteiger partial charge in [-0.15, -0.1) is 12.4 Å². The van der Waals surface area contributed by atoms with Crippen molar-refractivity contribution in [3.63, 3.8) is 0 Å². The monoisotopic (exact) mass is 375 g/mol. The van der Waals surface area contributed by atoms with Gasteiger partial charge in [0.1, 0.15) is 10.6 Å². The third-order valence-corrected chi connectivity index (χ3v) is 5.14. The second-order valence-corrected chi connectivity index (χ2v) is 7.14. The lowest BCUT2D eigenvalue weighted by Crippen LogP contribution is -2.30. The van der Waals surface area contributed by atoms with E-state index in [2.05, 4.69) is 4.72 Å². The number of nitrogens with two attached hydrogens (primary N) is 1. The Bertz CT molecular complexity index is 721. The molecular formula is C15H22ClN3O4S. The first kappa shape index (κ1) is 20.4. The van der Waals surface area contributed by atoms with Crippen molar-refractivity contribution in [2.75, 3.05) is 27.2 Å². The van der Waals surface area contributed by atoms with Crippen LogP contribution >= 0.6 is 12.4 Å². The fourth-order valence-corrected chi connectivity index (χ4v) is 3.30. The highest BCUT2D eigenvalue weighted by Crippen LogP contribution is 2.25. The van der Waals surface area contributed by atoms with Crippen LogP contribution < -0.4 is 15.2 Å². The van der Waals surface area contributed by atoms with Gasteiger partial charge in [0.2, 0.25) is 15.9 Å². The fourth-order valence-electron chi connectivity index (χ4n) is 2.38. The zero-order valence-corrected chi connectivity index (χ0v) is 15.2. The van der Waals surface area contributed by atoms with Gasteiger partial charge in [-0.05, 0) is 37.2 Å². The zero-order chi connectivity index (χ0) is 17.0. The van der Waals surface area contributed by atoms with Gasteiger partial charge in [0.15, 0.2) is 0 Å². The SMILES string of the molecule is CNS(=O)(=O)c1cc(C=CC(=O)N2CCC(N)C2)ccc1OC.Cl. The number of carbonyl (C=O) groups excluding carboxylic acids is 1. The number of benzene rings is 1. The van der Waals surface area contributed by atoms with E-state index >= 15 is 0 Å². The Morgan fingerprint density at radius 1 is 1.46 bits per heavy atom. The number of rotatable bonds is 5. The van der Waals surface area contributed by atoms with Gasteiger partial charge in [0.05, 0.1) is 7.11 Å². The summed E-state index contributed by atoms with van der Waals surface area (Å²) in [7, 11) is -0.912. The highest BCUT2D eigenvalue weighted by molar-refractivity contribution is 7.89. The van der Waals surface area contributed by atoms with Crippen molar-refractivity contribution in [3.8, 4) is 5.75 Å². The lowest BCUT2D eigenvalue weighted by atomic mass is 10.2. The number of methoxy groups -OCH3 is 1. The smallest absolute Gasteiger partial charge is 0.246 e. The van der Waals surface area contributed by atoms with Crippen LogP contribution in [0.1, 0.15) is 12.0 Å². The molecule has 1 aromatic carbocycles. The van der Waals surface area contributed by atoms with Gasteiger partial charge in [-0.1, -0.05) is 6.07 Å². The summed E-state index contributed by atoms with van der Waals surface area (Å²) in [6.45, 7) is 1.19. The average molecular weight is 376 g/mol. The van der Waals surface area contributed by atoms with Gasteiger partial charge in [-0.2, -0.15) is 0 Å². The van der Waals surface area contributed by atoms with Crippen LogP contribution in [0.5, 0.6) is 5.75 Å². The number of nitrogens with one attached hydrogen (secondary N) is 1. The van der Waals surface area contributed by atoms with Crippen molar-refractivity contribution in [1.82, 2.24) is 9.62 Å². The molecule has 1 aliphatic rings. The Hall–Kier alpha value is -1.61. The molecule has 0 saturated carbocycles. The Morgan fingerprint density at radius 3 is 2.71 bits per heavy atom. The lowest BCUT2D eigenvalue weighted by Gasteiger charge is -2.13. The molecule has 1 saturated heterocycles. The Morgan fingerprint density at radius 2 is 2.17 bits per heavy atom. The normalized spacial score (nSPS) is 17.8. The molecule has 1 amide bonds. The average Bonchev–Trinajstić information content (AvgIpc) is 2.98. The first-order valence-electron chi connectivity index (χ1n) is 7.21. The number of amides is 1. The molecule has 1 aromatic rings. The van der Waals surface area contributed by atoms with E-state index in [-0.39, 0.29) is 35.0 Å². The fraction of sp³-hybridized carbons (Fsp3) is 0.400. The molecule has 9 heteroatoms. The Kier molecular flexibility index (Phi) is 7.22. The maximum atomic E-state index is 12.1. The predicted octanol–water partition coefficient (Wildman–Crippen LogP) is 0.598. The summed E-state index contributed by atoms with van der Waals surface area (Å²) < 4.78 is 31.4. The number of sulfonamides is 1. The molecule has 0 spiro atoms. The van der Waals surface area contributed by atoms with Crippen LogP contribution in [-0.4, -0.2) is 52.5 Å². The maximum absolute atomic E-state index is 12.1. The lowest BCUT2D eigenvalue weighted by molar-refractivity contribution is -0.124. The van der Waals surface area contributed by atoms with Crippen LogP contribution in [-0.2, 0) is 14.8 Å². The van der Waals surface area contributed by atoms with E-state index in [1.807, 2.05) is 0 Å². The second-order valence-electron chi connectivity index (χ2n) is 5.28. The molecule has 7 nitrogen and oxygen atoms in total. The molecule has 1 heterocycles. The third kappa shape index (κ3) is 4.70. The minimum absolute atomic E-state index is 0. The van der Waals surface area contributed by atoms with Crippen LogP contribution in [0, 0.1) is 0 Å². The van der Waals surface area contributed by atoms with E-state index in [0.29, 0.717) is 18.7 Å². The van der Waals surface area contributed by atoms with Crippen LogP contribution in [0.3, 0.4) is 0 Å². The maximum Gasteiger partial charge on any atom is 0.246 e. The van der Waals surface area contributed by atoms with Crippen LogP contribution in [0.25, 0.3) is 6.08 Å². The first-order valence-corrected chi connectivity index (χ1v) is 8.70. The quantitative estimate of drug-likeness (QED) is 0.734. The molecule has 1 atom stereocenters. The minimum atomic E-state index is -3.65. The van der Waals surface area contributed by atoms with Gasteiger partial charge in [0, 0.05) is 25.2 Å². The van der Waals surface area contributed by atoms with Crippen molar-refractivity contribution in [1.29, 1.82) is 0 Å². The zero-order valence-electron chi connectivity index (χ0n) is 13.6. The number of ether oxygens (including phenoxy) is 1. The number of nitrogens with zero attached hydrogens (tertiary/aromatic N) is 1. The topological polar surface area (TPSA) is 102 Å². The number of hydrogen-bond acceptors (Lipinski definition) is 5. The summed E-state index contributed by atoms with van der Waals surface area (Å²) in [6, 6.07) is 4.73. The number of hydrogen-bond donors (Lipinski definition) is 2. The molecule has 0 aromatic heterocycles. The molecule has 1 unspecified atom stereocenters. The first-order chi connectivity index (χ1) is 10.9. The minimum Gasteiger partial charge on any atom is -0.495 e. The third-order valence-electron chi connectivity index (χ3n) is 3.70. The molecule has 1 aliphatic heterocycles. The summed E-state index contributed by atoms with van der Waals surface area (Å²) in [5, 5.41) is 0. The Balaban J connectivity index is 0.00000288. The Labute approximate surface area is 148 Å². The predicted molar refractivity (Wildman–Crippen MR) is 94.7 cm³/mol. The van der Waals surface area contributed by atoms with E-state index in [0.717, 1.165) is 6.42 Å². The van der Waals surface area contributed by atoms with Crippen molar-refractivity contribution in [3.05, 3.63) is 29.8 Å². The highest BCUT2D eigenvalue weighted by atomic mass is 35.5. The van der Waals surface area contributed by atoms with Crippen LogP contribution in [0.15, 0.2) is 29.2 Å². The van der Waals surface area contributed by atoms with Gasteiger partial charge in [-0.25, -0.2) is 13.1 Å². The molecule has 2 rings (SSSR count). The summed E-state index contributed by atoms with van der Waals surface area (Å²) in [5.74, 6) is 0.111. The van der Waals surface area contributed by atoms with E-state index < -0.39 is 10.0 Å². The van der Waals surface area contributed by atoms with Gasteiger partial charge in [-0.3, -0.25) is 4.79 Å². The molecule has 3 N–H and O–H groups in total. The molecule has 1 fully saturated rings. The van der Waals surface area contributed by atoms with E-state index in [1.165, 1.54) is 26.3 Å². The molecule has 0 bridgehead atoms. The molecule has 0 radical (unpaired) electrons. The molecule has 0 aliphatic carbocycles. The molecular weight excluding hydrogens is 354 g/mol. The summed E-state index contributed by atoms with van der Waals surface area (Å²) in [5.41, 5.74) is 6.37.